The van der Waals surface area contributed by atoms with Gasteiger partial charge in [-0.05, 0) is 43.3 Å². The van der Waals surface area contributed by atoms with E-state index in [2.05, 4.69) is 20.6 Å². The van der Waals surface area contributed by atoms with E-state index < -0.39 is 0 Å². The van der Waals surface area contributed by atoms with Gasteiger partial charge in [0.05, 0.1) is 23.5 Å². The minimum atomic E-state index is -0.327. The lowest BCUT2D eigenvalue weighted by molar-refractivity contribution is 0.0943. The van der Waals surface area contributed by atoms with Crippen molar-refractivity contribution in [2.24, 2.45) is 0 Å². The summed E-state index contributed by atoms with van der Waals surface area (Å²) < 4.78 is 5.18. The molecule has 6 nitrogen and oxygen atoms in total. The number of rotatable bonds is 5. The largest absolute Gasteiger partial charge is 0.467 e. The Balaban J connectivity index is 1.76. The van der Waals surface area contributed by atoms with Gasteiger partial charge in [0.25, 0.3) is 5.91 Å². The minimum absolute atomic E-state index is 0.242. The molecule has 3 aromatic rings. The van der Waals surface area contributed by atoms with E-state index in [1.54, 1.807) is 49.6 Å². The molecule has 0 saturated carbocycles. The second kappa shape index (κ2) is 7.55. The highest BCUT2D eigenvalue weighted by molar-refractivity contribution is 6.36. The van der Waals surface area contributed by atoms with Gasteiger partial charge in [-0.1, -0.05) is 23.2 Å². The molecule has 3 rings (SSSR count). The van der Waals surface area contributed by atoms with Crippen molar-refractivity contribution in [1.29, 1.82) is 0 Å². The molecule has 2 heterocycles. The van der Waals surface area contributed by atoms with Crippen LogP contribution in [0.3, 0.4) is 0 Å². The molecule has 2 N–H and O–H groups in total. The third-order valence-electron chi connectivity index (χ3n) is 3.27. The molecule has 0 bridgehead atoms. The zero-order chi connectivity index (χ0) is 17.8. The van der Waals surface area contributed by atoms with Gasteiger partial charge in [0, 0.05) is 10.7 Å². The highest BCUT2D eigenvalue weighted by atomic mass is 35.5. The summed E-state index contributed by atoms with van der Waals surface area (Å²) in [5, 5.41) is 6.70. The molecule has 0 radical (unpaired) electrons. The van der Waals surface area contributed by atoms with Crippen LogP contribution in [0.1, 0.15) is 21.9 Å². The van der Waals surface area contributed by atoms with Crippen LogP contribution in [-0.4, -0.2) is 15.9 Å². The first-order chi connectivity index (χ1) is 12.0. The summed E-state index contributed by atoms with van der Waals surface area (Å²) in [6, 6.07) is 10.2. The van der Waals surface area contributed by atoms with Gasteiger partial charge in [-0.3, -0.25) is 4.79 Å². The van der Waals surface area contributed by atoms with Gasteiger partial charge in [-0.15, -0.1) is 0 Å². The topological polar surface area (TPSA) is 80.0 Å². The van der Waals surface area contributed by atoms with Gasteiger partial charge in [0.1, 0.15) is 11.5 Å². The number of carbonyl (C=O) groups is 1. The van der Waals surface area contributed by atoms with E-state index in [9.17, 15) is 4.79 Å². The van der Waals surface area contributed by atoms with Gasteiger partial charge in [0.2, 0.25) is 5.95 Å². The van der Waals surface area contributed by atoms with Crippen LogP contribution < -0.4 is 10.6 Å². The summed E-state index contributed by atoms with van der Waals surface area (Å²) in [7, 11) is 0. The summed E-state index contributed by atoms with van der Waals surface area (Å²) in [6.07, 6.45) is 1.55. The molecular weight excluding hydrogens is 363 g/mol. The van der Waals surface area contributed by atoms with Crippen LogP contribution in [-0.2, 0) is 6.54 Å². The van der Waals surface area contributed by atoms with Crippen LogP contribution in [0.15, 0.2) is 47.1 Å². The van der Waals surface area contributed by atoms with E-state index in [-0.39, 0.29) is 24.1 Å². The van der Waals surface area contributed by atoms with Crippen molar-refractivity contribution in [2.45, 2.75) is 13.5 Å². The van der Waals surface area contributed by atoms with E-state index in [1.165, 1.54) is 0 Å². The lowest BCUT2D eigenvalue weighted by Gasteiger charge is -2.10. The lowest BCUT2D eigenvalue weighted by atomic mass is 10.3. The molecule has 0 fully saturated rings. The Bertz CT molecular complexity index is 898. The molecular formula is C17H14Cl2N4O2. The molecule has 1 amide bonds. The first kappa shape index (κ1) is 17.3. The van der Waals surface area contributed by atoms with E-state index in [0.29, 0.717) is 27.2 Å². The minimum Gasteiger partial charge on any atom is -0.467 e. The zero-order valence-corrected chi connectivity index (χ0v) is 14.7. The van der Waals surface area contributed by atoms with Crippen molar-refractivity contribution < 1.29 is 9.21 Å². The van der Waals surface area contributed by atoms with Crippen molar-refractivity contribution in [1.82, 2.24) is 15.3 Å². The van der Waals surface area contributed by atoms with Crippen molar-refractivity contribution in [3.05, 3.63) is 69.9 Å². The third kappa shape index (κ3) is 4.49. The second-order valence-corrected chi connectivity index (χ2v) is 6.07. The van der Waals surface area contributed by atoms with Gasteiger partial charge < -0.3 is 15.1 Å². The predicted octanol–water partition coefficient (Wildman–Crippen LogP) is 4.36. The SMILES string of the molecule is Cc1cc(C(=O)NCc2ccco2)nc(Nc2ccc(Cl)cc2Cl)n1. The van der Waals surface area contributed by atoms with Gasteiger partial charge in [0.15, 0.2) is 0 Å². The fourth-order valence-electron chi connectivity index (χ4n) is 2.12. The second-order valence-electron chi connectivity index (χ2n) is 5.23. The van der Waals surface area contributed by atoms with Crippen molar-refractivity contribution in [3.8, 4) is 0 Å². The van der Waals surface area contributed by atoms with Crippen LogP contribution in [0.5, 0.6) is 0 Å². The molecule has 128 valence electrons. The number of aryl methyl sites for hydroxylation is 1. The number of hydrogen-bond acceptors (Lipinski definition) is 5. The van der Waals surface area contributed by atoms with Crippen LogP contribution in [0.2, 0.25) is 10.0 Å². The number of nitrogens with zero attached hydrogens (tertiary/aromatic N) is 2. The van der Waals surface area contributed by atoms with Crippen LogP contribution in [0, 0.1) is 6.92 Å². The summed E-state index contributed by atoms with van der Waals surface area (Å²) in [6.45, 7) is 2.06. The Morgan fingerprint density at radius 2 is 2.04 bits per heavy atom. The number of hydrogen-bond donors (Lipinski definition) is 2. The highest BCUT2D eigenvalue weighted by Crippen LogP contribution is 2.27. The molecule has 0 atom stereocenters. The van der Waals surface area contributed by atoms with Crippen LogP contribution in [0.4, 0.5) is 11.6 Å². The quantitative estimate of drug-likeness (QED) is 0.691. The Morgan fingerprint density at radius 1 is 1.20 bits per heavy atom. The van der Waals surface area contributed by atoms with Gasteiger partial charge >= 0.3 is 0 Å². The first-order valence-corrected chi connectivity index (χ1v) is 8.15. The van der Waals surface area contributed by atoms with Crippen LogP contribution >= 0.6 is 23.2 Å². The molecule has 0 unspecified atom stereocenters. The molecule has 1 aromatic carbocycles. The fourth-order valence-corrected chi connectivity index (χ4v) is 2.58. The van der Waals surface area contributed by atoms with Crippen molar-refractivity contribution in [3.63, 3.8) is 0 Å². The van der Waals surface area contributed by atoms with Crippen molar-refractivity contribution >= 4 is 40.7 Å². The maximum absolute atomic E-state index is 12.3. The molecule has 25 heavy (non-hydrogen) atoms. The maximum atomic E-state index is 12.3. The normalized spacial score (nSPS) is 10.5. The summed E-state index contributed by atoms with van der Waals surface area (Å²) >= 11 is 12.0. The van der Waals surface area contributed by atoms with E-state index >= 15 is 0 Å². The molecule has 0 aliphatic heterocycles. The molecule has 0 saturated heterocycles. The summed E-state index contributed by atoms with van der Waals surface area (Å²) in [5.74, 6) is 0.602. The molecule has 0 aliphatic rings. The number of amides is 1. The Kier molecular flexibility index (Phi) is 5.21. The number of benzene rings is 1. The average Bonchev–Trinajstić information content (AvgIpc) is 3.08. The van der Waals surface area contributed by atoms with Gasteiger partial charge in [-0.25, -0.2) is 9.97 Å². The Labute approximate surface area is 154 Å². The monoisotopic (exact) mass is 376 g/mol. The molecule has 0 aliphatic carbocycles. The van der Waals surface area contributed by atoms with Gasteiger partial charge in [-0.2, -0.15) is 0 Å². The van der Waals surface area contributed by atoms with Crippen molar-refractivity contribution in [2.75, 3.05) is 5.32 Å². The number of furan rings is 1. The summed E-state index contributed by atoms with van der Waals surface area (Å²) in [4.78, 5) is 20.8. The number of halogens is 2. The Morgan fingerprint density at radius 3 is 2.76 bits per heavy atom. The van der Waals surface area contributed by atoms with E-state index in [1.807, 2.05) is 0 Å². The summed E-state index contributed by atoms with van der Waals surface area (Å²) in [5.41, 5.74) is 1.48. The number of aromatic nitrogens is 2. The number of anilines is 2. The molecule has 8 heteroatoms. The smallest absolute Gasteiger partial charge is 0.270 e. The Hall–Kier alpha value is -2.57. The molecule has 2 aromatic heterocycles. The standard InChI is InChI=1S/C17H14Cl2N4O2/c1-10-7-15(16(24)20-9-12-3-2-6-25-12)23-17(21-10)22-14-5-4-11(18)8-13(14)19/h2-8H,9H2,1H3,(H,20,24)(H,21,22,23). The lowest BCUT2D eigenvalue weighted by Crippen LogP contribution is -2.24. The number of nitrogens with one attached hydrogen (secondary N) is 2. The maximum Gasteiger partial charge on any atom is 0.270 e. The highest BCUT2D eigenvalue weighted by Gasteiger charge is 2.12. The zero-order valence-electron chi connectivity index (χ0n) is 13.2. The van der Waals surface area contributed by atoms with Crippen LogP contribution in [0.25, 0.3) is 0 Å². The number of carbonyl (C=O) groups excluding carboxylic acids is 1. The van der Waals surface area contributed by atoms with E-state index in [0.717, 1.165) is 0 Å². The first-order valence-electron chi connectivity index (χ1n) is 7.39. The average molecular weight is 377 g/mol. The molecule has 0 spiro atoms. The fraction of sp³-hybridized carbons (Fsp3) is 0.118. The van der Waals surface area contributed by atoms with E-state index in [4.69, 9.17) is 27.6 Å². The predicted molar refractivity (Wildman–Crippen MR) is 96.4 cm³/mol. The third-order valence-corrected chi connectivity index (χ3v) is 3.82.